The molecule has 3 aromatic rings. The number of carbonyl (C=O) groups excluding carboxylic acids is 1. The van der Waals surface area contributed by atoms with Crippen LogP contribution in [-0.4, -0.2) is 44.9 Å². The van der Waals surface area contributed by atoms with Crippen molar-refractivity contribution in [2.75, 3.05) is 26.3 Å². The Bertz CT molecular complexity index is 1180. The van der Waals surface area contributed by atoms with Gasteiger partial charge in [-0.15, -0.1) is 0 Å². The van der Waals surface area contributed by atoms with E-state index >= 15 is 0 Å². The minimum atomic E-state index is -3.67. The van der Waals surface area contributed by atoms with Gasteiger partial charge in [0, 0.05) is 29.6 Å². The lowest BCUT2D eigenvalue weighted by molar-refractivity contribution is 0.0730. The lowest BCUT2D eigenvalue weighted by Gasteiger charge is -2.26. The summed E-state index contributed by atoms with van der Waals surface area (Å²) in [6.45, 7) is 5.15. The Morgan fingerprint density at radius 3 is 2.57 bits per heavy atom. The van der Waals surface area contributed by atoms with Gasteiger partial charge >= 0.3 is 0 Å². The van der Waals surface area contributed by atoms with Crippen molar-refractivity contribution in [3.63, 3.8) is 0 Å². The lowest BCUT2D eigenvalue weighted by Crippen LogP contribution is -2.40. The number of hydrogen-bond donors (Lipinski definition) is 1. The molecule has 1 atom stereocenters. The second-order valence-corrected chi connectivity index (χ2v) is 9.26. The Labute approximate surface area is 175 Å². The van der Waals surface area contributed by atoms with Crippen LogP contribution in [0.4, 0.5) is 0 Å². The maximum absolute atomic E-state index is 12.9. The van der Waals surface area contributed by atoms with Crippen molar-refractivity contribution in [3.05, 3.63) is 65.4 Å². The van der Waals surface area contributed by atoms with Crippen LogP contribution in [0.5, 0.6) is 0 Å². The molecule has 1 saturated heterocycles. The topological polar surface area (TPSA) is 88.9 Å². The number of sulfonamides is 1. The first-order valence-corrected chi connectivity index (χ1v) is 11.3. The molecule has 0 radical (unpaired) electrons. The Kier molecular flexibility index (Phi) is 5.64. The zero-order valence-electron chi connectivity index (χ0n) is 16.9. The molecule has 1 aliphatic rings. The minimum absolute atomic E-state index is 0.102. The smallest absolute Gasteiger partial charge is 0.251 e. The van der Waals surface area contributed by atoms with Crippen LogP contribution in [0.25, 0.3) is 11.0 Å². The molecule has 1 unspecified atom stereocenters. The molecule has 8 heteroatoms. The summed E-state index contributed by atoms with van der Waals surface area (Å²) in [6, 6.07) is 13.4. The van der Waals surface area contributed by atoms with E-state index in [2.05, 4.69) is 5.32 Å². The van der Waals surface area contributed by atoms with Crippen LogP contribution in [0.1, 0.15) is 34.6 Å². The van der Waals surface area contributed by atoms with Crippen LogP contribution >= 0.6 is 0 Å². The van der Waals surface area contributed by atoms with Gasteiger partial charge < -0.3 is 14.5 Å². The number of nitrogens with zero attached hydrogens (tertiary/aromatic N) is 1. The molecule has 1 N–H and O–H groups in total. The van der Waals surface area contributed by atoms with Gasteiger partial charge in [0.2, 0.25) is 10.0 Å². The van der Waals surface area contributed by atoms with Gasteiger partial charge in [0.1, 0.15) is 11.3 Å². The average molecular weight is 429 g/mol. The zero-order chi connectivity index (χ0) is 21.3. The first-order valence-electron chi connectivity index (χ1n) is 9.85. The zero-order valence-corrected chi connectivity index (χ0v) is 17.7. The van der Waals surface area contributed by atoms with E-state index in [1.807, 2.05) is 38.1 Å². The van der Waals surface area contributed by atoms with Crippen molar-refractivity contribution in [3.8, 4) is 0 Å². The number of ether oxygens (including phenoxy) is 1. The van der Waals surface area contributed by atoms with Crippen LogP contribution in [-0.2, 0) is 14.8 Å². The molecule has 1 aliphatic heterocycles. The number of fused-ring (bicyclic) bond motifs is 1. The first kappa shape index (κ1) is 20.6. The number of hydrogen-bond acceptors (Lipinski definition) is 5. The number of furan rings is 1. The Hall–Kier alpha value is -2.68. The van der Waals surface area contributed by atoms with E-state index in [9.17, 15) is 13.2 Å². The summed E-state index contributed by atoms with van der Waals surface area (Å²) in [6.07, 6.45) is 0. The van der Waals surface area contributed by atoms with Crippen molar-refractivity contribution >= 4 is 26.9 Å². The summed E-state index contributed by atoms with van der Waals surface area (Å²) in [5, 5.41) is 3.92. The number of carbonyl (C=O) groups is 1. The molecular formula is C22H24N2O5S. The van der Waals surface area contributed by atoms with Crippen LogP contribution in [0.3, 0.4) is 0 Å². The highest BCUT2D eigenvalue weighted by Gasteiger charge is 2.27. The Balaban J connectivity index is 1.55. The van der Waals surface area contributed by atoms with Gasteiger partial charge in [-0.1, -0.05) is 24.3 Å². The minimum Gasteiger partial charge on any atom is -0.459 e. The van der Waals surface area contributed by atoms with Gasteiger partial charge in [0.05, 0.1) is 24.2 Å². The summed E-state index contributed by atoms with van der Waals surface area (Å²) in [7, 11) is -3.67. The van der Waals surface area contributed by atoms with E-state index in [0.29, 0.717) is 32.1 Å². The molecule has 2 heterocycles. The van der Waals surface area contributed by atoms with Gasteiger partial charge in [-0.3, -0.25) is 4.79 Å². The highest BCUT2D eigenvalue weighted by molar-refractivity contribution is 7.89. The largest absolute Gasteiger partial charge is 0.459 e. The van der Waals surface area contributed by atoms with Gasteiger partial charge in [-0.05, 0) is 38.1 Å². The molecule has 7 nitrogen and oxygen atoms in total. The van der Waals surface area contributed by atoms with E-state index in [1.165, 1.54) is 16.4 Å². The van der Waals surface area contributed by atoms with E-state index < -0.39 is 10.0 Å². The van der Waals surface area contributed by atoms with Gasteiger partial charge in [-0.2, -0.15) is 4.31 Å². The van der Waals surface area contributed by atoms with Crippen molar-refractivity contribution in [1.29, 1.82) is 0 Å². The predicted octanol–water partition coefficient (Wildman–Crippen LogP) is 3.25. The molecule has 0 saturated carbocycles. The molecule has 1 fully saturated rings. The third-order valence-corrected chi connectivity index (χ3v) is 7.22. The molecule has 1 aromatic heterocycles. The SMILES string of the molecule is Cc1c(C(C)NC(=O)c2cccc(S(=O)(=O)N3CCOCC3)c2)oc2ccccc12. The number of aryl methyl sites for hydroxylation is 1. The lowest BCUT2D eigenvalue weighted by atomic mass is 10.1. The highest BCUT2D eigenvalue weighted by Crippen LogP contribution is 2.29. The fourth-order valence-corrected chi connectivity index (χ4v) is 5.14. The van der Waals surface area contributed by atoms with Gasteiger partial charge in [0.15, 0.2) is 0 Å². The van der Waals surface area contributed by atoms with Crippen molar-refractivity contribution < 1.29 is 22.4 Å². The number of para-hydroxylation sites is 1. The molecule has 1 amide bonds. The number of amides is 1. The van der Waals surface area contributed by atoms with Crippen molar-refractivity contribution in [2.24, 2.45) is 0 Å². The predicted molar refractivity (Wildman–Crippen MR) is 113 cm³/mol. The molecule has 4 rings (SSSR count). The average Bonchev–Trinajstić information content (AvgIpc) is 3.11. The van der Waals surface area contributed by atoms with Gasteiger partial charge in [0.25, 0.3) is 5.91 Å². The summed E-state index contributed by atoms with van der Waals surface area (Å²) in [5.74, 6) is 0.322. The number of morpholine rings is 1. The fourth-order valence-electron chi connectivity index (χ4n) is 3.69. The molecule has 0 bridgehead atoms. The maximum Gasteiger partial charge on any atom is 0.251 e. The number of nitrogens with one attached hydrogen (secondary N) is 1. The van der Waals surface area contributed by atoms with E-state index in [-0.39, 0.29) is 22.4 Å². The Morgan fingerprint density at radius 2 is 1.83 bits per heavy atom. The van der Waals surface area contributed by atoms with Crippen molar-refractivity contribution in [2.45, 2.75) is 24.8 Å². The second-order valence-electron chi connectivity index (χ2n) is 7.33. The molecular weight excluding hydrogens is 404 g/mol. The highest BCUT2D eigenvalue weighted by atomic mass is 32.2. The van der Waals surface area contributed by atoms with Crippen molar-refractivity contribution in [1.82, 2.24) is 9.62 Å². The van der Waals surface area contributed by atoms with Crippen LogP contribution in [0, 0.1) is 6.92 Å². The molecule has 2 aromatic carbocycles. The summed E-state index contributed by atoms with van der Waals surface area (Å²) < 4.78 is 38.3. The summed E-state index contributed by atoms with van der Waals surface area (Å²) in [4.78, 5) is 12.9. The number of rotatable bonds is 5. The normalized spacial score (nSPS) is 16.5. The van der Waals surface area contributed by atoms with Crippen LogP contribution < -0.4 is 5.32 Å². The van der Waals surface area contributed by atoms with Gasteiger partial charge in [-0.25, -0.2) is 8.42 Å². The quantitative estimate of drug-likeness (QED) is 0.674. The fraction of sp³-hybridized carbons (Fsp3) is 0.318. The standard InChI is InChI=1S/C22H24N2O5S/c1-15-19-8-3-4-9-20(19)29-21(15)16(2)23-22(25)17-6-5-7-18(14-17)30(26,27)24-10-12-28-13-11-24/h3-9,14,16H,10-13H2,1-2H3,(H,23,25). The number of benzene rings is 2. The maximum atomic E-state index is 12.9. The van der Waals surface area contributed by atoms with E-state index in [1.54, 1.807) is 12.1 Å². The second kappa shape index (κ2) is 8.22. The molecule has 158 valence electrons. The third-order valence-electron chi connectivity index (χ3n) is 5.33. The van der Waals surface area contributed by atoms with Crippen LogP contribution in [0.15, 0.2) is 57.8 Å². The Morgan fingerprint density at radius 1 is 1.10 bits per heavy atom. The first-order chi connectivity index (χ1) is 14.4. The monoisotopic (exact) mass is 428 g/mol. The molecule has 0 aliphatic carbocycles. The van der Waals surface area contributed by atoms with Crippen LogP contribution in [0.2, 0.25) is 0 Å². The third kappa shape index (κ3) is 3.86. The molecule has 30 heavy (non-hydrogen) atoms. The van der Waals surface area contributed by atoms with E-state index in [4.69, 9.17) is 9.15 Å². The summed E-state index contributed by atoms with van der Waals surface area (Å²) in [5.41, 5.74) is 2.02. The van der Waals surface area contributed by atoms with E-state index in [0.717, 1.165) is 16.5 Å². The summed E-state index contributed by atoms with van der Waals surface area (Å²) >= 11 is 0. The molecule has 0 spiro atoms.